The first-order valence-corrected chi connectivity index (χ1v) is 7.46. The molecule has 1 heterocycles. The van der Waals surface area contributed by atoms with Crippen molar-refractivity contribution in [1.82, 2.24) is 0 Å². The van der Waals surface area contributed by atoms with Gasteiger partial charge in [-0.05, 0) is 55.4 Å². The normalized spacial score (nSPS) is 26.2. The lowest BCUT2D eigenvalue weighted by molar-refractivity contribution is 0.0903. The van der Waals surface area contributed by atoms with Crippen molar-refractivity contribution < 1.29 is 9.47 Å². The summed E-state index contributed by atoms with van der Waals surface area (Å²) in [7, 11) is 0. The Bertz CT molecular complexity index is 427. The predicted octanol–water partition coefficient (Wildman–Crippen LogP) is 2.97. The predicted molar refractivity (Wildman–Crippen MR) is 75.4 cm³/mol. The fourth-order valence-corrected chi connectivity index (χ4v) is 3.10. The van der Waals surface area contributed by atoms with Crippen LogP contribution in [0.15, 0.2) is 18.2 Å². The summed E-state index contributed by atoms with van der Waals surface area (Å²) in [5.74, 6) is 0.978. The van der Waals surface area contributed by atoms with Gasteiger partial charge in [0.25, 0.3) is 0 Å². The first kappa shape index (κ1) is 12.9. The van der Waals surface area contributed by atoms with Crippen molar-refractivity contribution >= 4 is 0 Å². The molecule has 104 valence electrons. The molecule has 1 fully saturated rings. The molecule has 1 aliphatic carbocycles. The van der Waals surface area contributed by atoms with E-state index in [1.54, 1.807) is 0 Å². The van der Waals surface area contributed by atoms with Crippen molar-refractivity contribution in [3.63, 3.8) is 0 Å². The standard InChI is InChI=1S/C16H23NO2/c17-16-5-1-3-12-11-14(6-7-15(12)16)19-10-8-13-4-2-9-18-13/h6-7,11,13,16H,1-5,8-10,17H2. The first-order valence-electron chi connectivity index (χ1n) is 7.46. The van der Waals surface area contributed by atoms with Crippen molar-refractivity contribution in [2.45, 2.75) is 50.7 Å². The Kier molecular flexibility index (Phi) is 4.04. The summed E-state index contributed by atoms with van der Waals surface area (Å²) in [4.78, 5) is 0. The van der Waals surface area contributed by atoms with Gasteiger partial charge >= 0.3 is 0 Å². The molecular formula is C16H23NO2. The second-order valence-electron chi connectivity index (χ2n) is 5.63. The van der Waals surface area contributed by atoms with Gasteiger partial charge in [0, 0.05) is 19.1 Å². The van der Waals surface area contributed by atoms with Crippen LogP contribution in [-0.4, -0.2) is 19.3 Å². The summed E-state index contributed by atoms with van der Waals surface area (Å²) in [6.07, 6.45) is 7.21. The van der Waals surface area contributed by atoms with Gasteiger partial charge in [-0.1, -0.05) is 6.07 Å². The summed E-state index contributed by atoms with van der Waals surface area (Å²) in [5.41, 5.74) is 8.79. The minimum Gasteiger partial charge on any atom is -0.493 e. The maximum Gasteiger partial charge on any atom is 0.119 e. The van der Waals surface area contributed by atoms with Crippen LogP contribution in [0.2, 0.25) is 0 Å². The number of fused-ring (bicyclic) bond motifs is 1. The molecule has 0 aromatic heterocycles. The van der Waals surface area contributed by atoms with Gasteiger partial charge in [0.1, 0.15) is 5.75 Å². The Hall–Kier alpha value is -1.06. The van der Waals surface area contributed by atoms with E-state index in [0.29, 0.717) is 6.10 Å². The molecule has 2 N–H and O–H groups in total. The van der Waals surface area contributed by atoms with Crippen LogP contribution in [0.3, 0.4) is 0 Å². The SMILES string of the molecule is NC1CCCc2cc(OCCC3CCCO3)ccc21. The van der Waals surface area contributed by atoms with Gasteiger partial charge in [-0.25, -0.2) is 0 Å². The lowest BCUT2D eigenvalue weighted by atomic mass is 9.88. The average molecular weight is 261 g/mol. The van der Waals surface area contributed by atoms with Crippen LogP contribution in [0, 0.1) is 0 Å². The molecule has 0 bridgehead atoms. The van der Waals surface area contributed by atoms with Gasteiger partial charge in [-0.3, -0.25) is 0 Å². The van der Waals surface area contributed by atoms with E-state index in [0.717, 1.165) is 38.2 Å². The maximum atomic E-state index is 6.12. The molecule has 3 nitrogen and oxygen atoms in total. The van der Waals surface area contributed by atoms with Crippen LogP contribution in [0.1, 0.15) is 49.3 Å². The van der Waals surface area contributed by atoms with E-state index in [1.807, 2.05) is 0 Å². The zero-order chi connectivity index (χ0) is 13.1. The summed E-state index contributed by atoms with van der Waals surface area (Å²) in [6, 6.07) is 6.58. The molecule has 1 aliphatic heterocycles. The summed E-state index contributed by atoms with van der Waals surface area (Å²) in [6.45, 7) is 1.66. The van der Waals surface area contributed by atoms with Gasteiger partial charge < -0.3 is 15.2 Å². The summed E-state index contributed by atoms with van der Waals surface area (Å²) >= 11 is 0. The number of hydrogen-bond donors (Lipinski definition) is 1. The third kappa shape index (κ3) is 3.10. The molecule has 2 atom stereocenters. The first-order chi connectivity index (χ1) is 9.33. The average Bonchev–Trinajstić information content (AvgIpc) is 2.92. The van der Waals surface area contributed by atoms with Gasteiger partial charge in [-0.15, -0.1) is 0 Å². The molecule has 1 aromatic carbocycles. The molecular weight excluding hydrogens is 238 g/mol. The number of ether oxygens (including phenoxy) is 2. The lowest BCUT2D eigenvalue weighted by Crippen LogP contribution is -2.17. The van der Waals surface area contributed by atoms with E-state index >= 15 is 0 Å². The Labute approximate surface area is 115 Å². The Balaban J connectivity index is 1.56. The molecule has 0 spiro atoms. The van der Waals surface area contributed by atoms with Gasteiger partial charge in [0.05, 0.1) is 12.7 Å². The minimum atomic E-state index is 0.213. The van der Waals surface area contributed by atoms with E-state index < -0.39 is 0 Å². The van der Waals surface area contributed by atoms with Crippen molar-refractivity contribution in [2.75, 3.05) is 13.2 Å². The third-order valence-electron chi connectivity index (χ3n) is 4.21. The largest absolute Gasteiger partial charge is 0.493 e. The van der Waals surface area contributed by atoms with Crippen LogP contribution in [0.4, 0.5) is 0 Å². The fourth-order valence-electron chi connectivity index (χ4n) is 3.10. The van der Waals surface area contributed by atoms with Gasteiger partial charge in [-0.2, -0.15) is 0 Å². The smallest absolute Gasteiger partial charge is 0.119 e. The van der Waals surface area contributed by atoms with E-state index in [1.165, 1.54) is 30.4 Å². The van der Waals surface area contributed by atoms with Gasteiger partial charge in [0.15, 0.2) is 0 Å². The van der Waals surface area contributed by atoms with E-state index in [4.69, 9.17) is 15.2 Å². The highest BCUT2D eigenvalue weighted by atomic mass is 16.5. The van der Waals surface area contributed by atoms with Crippen molar-refractivity contribution in [3.8, 4) is 5.75 Å². The zero-order valence-corrected chi connectivity index (χ0v) is 11.4. The van der Waals surface area contributed by atoms with Crippen molar-refractivity contribution in [3.05, 3.63) is 29.3 Å². The van der Waals surface area contributed by atoms with Crippen LogP contribution < -0.4 is 10.5 Å². The Morgan fingerprint density at radius 3 is 3.05 bits per heavy atom. The maximum absolute atomic E-state index is 6.12. The van der Waals surface area contributed by atoms with Crippen LogP contribution in [0.25, 0.3) is 0 Å². The quantitative estimate of drug-likeness (QED) is 0.906. The third-order valence-corrected chi connectivity index (χ3v) is 4.21. The van der Waals surface area contributed by atoms with Crippen LogP contribution in [0.5, 0.6) is 5.75 Å². The highest BCUT2D eigenvalue weighted by Gasteiger charge is 2.18. The summed E-state index contributed by atoms with van der Waals surface area (Å²) in [5, 5.41) is 0. The van der Waals surface area contributed by atoms with E-state index in [-0.39, 0.29) is 6.04 Å². The minimum absolute atomic E-state index is 0.213. The Morgan fingerprint density at radius 1 is 1.26 bits per heavy atom. The number of benzene rings is 1. The summed E-state index contributed by atoms with van der Waals surface area (Å²) < 4.78 is 11.4. The molecule has 0 saturated carbocycles. The Morgan fingerprint density at radius 2 is 2.21 bits per heavy atom. The zero-order valence-electron chi connectivity index (χ0n) is 11.4. The molecule has 0 radical (unpaired) electrons. The lowest BCUT2D eigenvalue weighted by Gasteiger charge is -2.22. The van der Waals surface area contributed by atoms with Gasteiger partial charge in [0.2, 0.25) is 0 Å². The van der Waals surface area contributed by atoms with Crippen LogP contribution in [-0.2, 0) is 11.2 Å². The molecule has 1 aromatic rings. The molecule has 1 saturated heterocycles. The second kappa shape index (κ2) is 5.93. The monoisotopic (exact) mass is 261 g/mol. The highest BCUT2D eigenvalue weighted by Crippen LogP contribution is 2.30. The van der Waals surface area contributed by atoms with Crippen LogP contribution >= 0.6 is 0 Å². The fraction of sp³-hybridized carbons (Fsp3) is 0.625. The number of nitrogens with two attached hydrogens (primary N) is 1. The number of hydrogen-bond acceptors (Lipinski definition) is 3. The van der Waals surface area contributed by atoms with E-state index in [9.17, 15) is 0 Å². The highest BCUT2D eigenvalue weighted by molar-refractivity contribution is 5.38. The van der Waals surface area contributed by atoms with Crippen molar-refractivity contribution in [2.24, 2.45) is 5.73 Å². The number of rotatable bonds is 4. The molecule has 2 unspecified atom stereocenters. The second-order valence-corrected chi connectivity index (χ2v) is 5.63. The van der Waals surface area contributed by atoms with Crippen molar-refractivity contribution in [1.29, 1.82) is 0 Å². The number of aryl methyl sites for hydroxylation is 1. The van der Waals surface area contributed by atoms with E-state index in [2.05, 4.69) is 18.2 Å². The topological polar surface area (TPSA) is 44.5 Å². The molecule has 19 heavy (non-hydrogen) atoms. The molecule has 3 heteroatoms. The molecule has 3 rings (SSSR count). The molecule has 2 aliphatic rings. The molecule has 0 amide bonds.